The number of hydrogen-bond donors (Lipinski definition) is 3. The minimum atomic E-state index is -0.0373. The summed E-state index contributed by atoms with van der Waals surface area (Å²) in [7, 11) is 0. The van der Waals surface area contributed by atoms with Crippen molar-refractivity contribution in [2.24, 2.45) is 4.40 Å². The van der Waals surface area contributed by atoms with Crippen molar-refractivity contribution in [3.05, 3.63) is 23.2 Å². The molecule has 0 aromatic heterocycles. The molecular formula is C11H13ClN4OS. The highest BCUT2D eigenvalue weighted by Crippen LogP contribution is 2.33. The van der Waals surface area contributed by atoms with Crippen LogP contribution in [0, 0.1) is 0 Å². The predicted octanol–water partition coefficient (Wildman–Crippen LogP) is 1.85. The molecule has 1 aliphatic rings. The molecule has 0 spiro atoms. The summed E-state index contributed by atoms with van der Waals surface area (Å²) in [6, 6.07) is 5.61. The number of anilines is 1. The van der Waals surface area contributed by atoms with Gasteiger partial charge in [0.1, 0.15) is 0 Å². The van der Waals surface area contributed by atoms with Crippen molar-refractivity contribution in [1.29, 1.82) is 0 Å². The maximum absolute atomic E-state index is 10.7. The lowest BCUT2D eigenvalue weighted by Gasteiger charge is -2.18. The van der Waals surface area contributed by atoms with Gasteiger partial charge in [0.15, 0.2) is 0 Å². The summed E-state index contributed by atoms with van der Waals surface area (Å²) in [4.78, 5) is 11.7. The van der Waals surface area contributed by atoms with Gasteiger partial charge in [0.05, 0.1) is 10.6 Å². The van der Waals surface area contributed by atoms with Gasteiger partial charge in [-0.15, -0.1) is 0 Å². The van der Waals surface area contributed by atoms with Crippen molar-refractivity contribution in [3.8, 4) is 0 Å². The van der Waals surface area contributed by atoms with Crippen molar-refractivity contribution in [1.82, 2.24) is 10.6 Å². The number of halogens is 1. The monoisotopic (exact) mass is 284 g/mol. The Balaban J connectivity index is 1.85. The Hall–Kier alpha value is -1.40. The van der Waals surface area contributed by atoms with Crippen LogP contribution >= 0.6 is 23.5 Å². The minimum absolute atomic E-state index is 0.0373. The molecule has 2 rings (SSSR count). The standard InChI is InChI=1S/C11H13ClN4OS/c1-7(17)13-4-5-14-11-15-9-3-2-8(12)6-10(9)18-16-11/h2-3,6H,4-5H2,1H3,(H,13,17)(H2,14,15,16). The van der Waals surface area contributed by atoms with Crippen molar-refractivity contribution < 1.29 is 4.79 Å². The molecule has 3 N–H and O–H groups in total. The van der Waals surface area contributed by atoms with Crippen LogP contribution in [-0.2, 0) is 4.79 Å². The van der Waals surface area contributed by atoms with Gasteiger partial charge in [0, 0.05) is 37.0 Å². The van der Waals surface area contributed by atoms with Gasteiger partial charge in [-0.1, -0.05) is 11.6 Å². The first-order chi connectivity index (χ1) is 8.65. The zero-order chi connectivity index (χ0) is 13.0. The number of amides is 1. The molecule has 96 valence electrons. The molecule has 1 amide bonds. The number of guanidine groups is 1. The van der Waals surface area contributed by atoms with E-state index in [0.717, 1.165) is 10.6 Å². The highest BCUT2D eigenvalue weighted by molar-refractivity contribution is 7.98. The normalized spacial score (nSPS) is 13.1. The molecule has 0 aliphatic carbocycles. The molecular weight excluding hydrogens is 272 g/mol. The highest BCUT2D eigenvalue weighted by atomic mass is 35.5. The molecule has 5 nitrogen and oxygen atoms in total. The Morgan fingerprint density at radius 2 is 2.33 bits per heavy atom. The SMILES string of the molecule is CC(=O)NCCNC1=NSc2cc(Cl)ccc2N1. The average Bonchev–Trinajstić information content (AvgIpc) is 2.34. The van der Waals surface area contributed by atoms with Crippen molar-refractivity contribution >= 4 is 41.1 Å². The first-order valence-electron chi connectivity index (χ1n) is 5.45. The molecule has 1 heterocycles. The summed E-state index contributed by atoms with van der Waals surface area (Å²) in [5, 5.41) is 9.66. The molecule has 0 unspecified atom stereocenters. The molecule has 18 heavy (non-hydrogen) atoms. The molecule has 1 aromatic carbocycles. The van der Waals surface area contributed by atoms with Gasteiger partial charge >= 0.3 is 0 Å². The Morgan fingerprint density at radius 3 is 3.11 bits per heavy atom. The van der Waals surface area contributed by atoms with Crippen LogP contribution in [0.3, 0.4) is 0 Å². The second kappa shape index (κ2) is 5.97. The molecule has 0 radical (unpaired) electrons. The van der Waals surface area contributed by atoms with E-state index in [1.54, 1.807) is 0 Å². The molecule has 0 fully saturated rings. The van der Waals surface area contributed by atoms with Crippen LogP contribution in [0.2, 0.25) is 5.02 Å². The number of rotatable bonds is 3. The van der Waals surface area contributed by atoms with E-state index in [0.29, 0.717) is 24.1 Å². The van der Waals surface area contributed by atoms with Crippen molar-refractivity contribution in [2.45, 2.75) is 11.8 Å². The van der Waals surface area contributed by atoms with E-state index in [1.165, 1.54) is 18.9 Å². The Bertz CT molecular complexity index is 492. The van der Waals surface area contributed by atoms with Crippen LogP contribution in [0.15, 0.2) is 27.5 Å². The number of benzene rings is 1. The number of nitrogens with one attached hydrogen (secondary N) is 3. The second-order valence-electron chi connectivity index (χ2n) is 3.71. The van der Waals surface area contributed by atoms with Gasteiger partial charge < -0.3 is 16.0 Å². The molecule has 0 saturated carbocycles. The van der Waals surface area contributed by atoms with Gasteiger partial charge in [0.2, 0.25) is 11.9 Å². The summed E-state index contributed by atoms with van der Waals surface area (Å²) in [6.07, 6.45) is 0. The van der Waals surface area contributed by atoms with Crippen molar-refractivity contribution in [2.75, 3.05) is 18.4 Å². The minimum Gasteiger partial charge on any atom is -0.355 e. The van der Waals surface area contributed by atoms with E-state index in [1.807, 2.05) is 18.2 Å². The van der Waals surface area contributed by atoms with Crippen LogP contribution in [0.5, 0.6) is 0 Å². The summed E-state index contributed by atoms with van der Waals surface area (Å²) in [5.41, 5.74) is 0.974. The number of fused-ring (bicyclic) bond motifs is 1. The molecule has 1 aliphatic heterocycles. The summed E-state index contributed by atoms with van der Waals surface area (Å²) in [5.74, 6) is 0.643. The third kappa shape index (κ3) is 3.54. The molecule has 1 aromatic rings. The topological polar surface area (TPSA) is 65.5 Å². The van der Waals surface area contributed by atoms with E-state index in [-0.39, 0.29) is 5.91 Å². The van der Waals surface area contributed by atoms with Crippen LogP contribution in [0.1, 0.15) is 6.92 Å². The lowest BCUT2D eigenvalue weighted by Crippen LogP contribution is -2.37. The third-order valence-electron chi connectivity index (χ3n) is 2.22. The van der Waals surface area contributed by atoms with Crippen molar-refractivity contribution in [3.63, 3.8) is 0 Å². The average molecular weight is 285 g/mol. The fraction of sp³-hybridized carbons (Fsp3) is 0.273. The Morgan fingerprint density at radius 1 is 1.50 bits per heavy atom. The van der Waals surface area contributed by atoms with Gasteiger partial charge in [-0.25, -0.2) is 0 Å². The molecule has 7 heteroatoms. The Kier molecular flexibility index (Phi) is 4.33. The molecule has 0 saturated heterocycles. The summed E-state index contributed by atoms with van der Waals surface area (Å²) < 4.78 is 4.27. The summed E-state index contributed by atoms with van der Waals surface area (Å²) in [6.45, 7) is 2.68. The zero-order valence-corrected chi connectivity index (χ0v) is 11.4. The van der Waals surface area contributed by atoms with E-state index in [2.05, 4.69) is 20.3 Å². The van der Waals surface area contributed by atoms with Crippen LogP contribution in [0.4, 0.5) is 5.69 Å². The maximum Gasteiger partial charge on any atom is 0.216 e. The first-order valence-corrected chi connectivity index (χ1v) is 6.60. The third-order valence-corrected chi connectivity index (χ3v) is 3.27. The van der Waals surface area contributed by atoms with E-state index in [4.69, 9.17) is 11.6 Å². The van der Waals surface area contributed by atoms with Crippen LogP contribution in [0.25, 0.3) is 0 Å². The lowest BCUT2D eigenvalue weighted by molar-refractivity contribution is -0.118. The largest absolute Gasteiger partial charge is 0.355 e. The fourth-order valence-electron chi connectivity index (χ4n) is 1.42. The van der Waals surface area contributed by atoms with E-state index < -0.39 is 0 Å². The van der Waals surface area contributed by atoms with Gasteiger partial charge in [-0.3, -0.25) is 4.79 Å². The zero-order valence-electron chi connectivity index (χ0n) is 9.79. The van der Waals surface area contributed by atoms with Gasteiger partial charge in [-0.2, -0.15) is 4.40 Å². The van der Waals surface area contributed by atoms with Crippen LogP contribution < -0.4 is 16.0 Å². The number of carbonyl (C=O) groups is 1. The second-order valence-corrected chi connectivity index (χ2v) is 4.95. The lowest BCUT2D eigenvalue weighted by atomic mass is 10.3. The van der Waals surface area contributed by atoms with Gasteiger partial charge in [-0.05, 0) is 18.2 Å². The van der Waals surface area contributed by atoms with E-state index in [9.17, 15) is 4.79 Å². The maximum atomic E-state index is 10.7. The molecule has 0 atom stereocenters. The predicted molar refractivity (Wildman–Crippen MR) is 75.1 cm³/mol. The van der Waals surface area contributed by atoms with Crippen LogP contribution in [-0.4, -0.2) is 25.0 Å². The number of nitrogens with zero attached hydrogens (tertiary/aromatic N) is 1. The first kappa shape index (κ1) is 13.0. The number of hydrogen-bond acceptors (Lipinski definition) is 5. The quantitative estimate of drug-likeness (QED) is 0.585. The number of carbonyl (C=O) groups excluding carboxylic acids is 1. The smallest absolute Gasteiger partial charge is 0.216 e. The van der Waals surface area contributed by atoms with E-state index >= 15 is 0 Å². The van der Waals surface area contributed by atoms with Gasteiger partial charge in [0.25, 0.3) is 0 Å². The molecule has 0 bridgehead atoms. The Labute approximate surface area is 115 Å². The highest BCUT2D eigenvalue weighted by Gasteiger charge is 2.12. The summed E-state index contributed by atoms with van der Waals surface area (Å²) >= 11 is 7.27. The fourth-order valence-corrected chi connectivity index (χ4v) is 2.35.